The summed E-state index contributed by atoms with van der Waals surface area (Å²) in [6.45, 7) is 3.31. The van der Waals surface area contributed by atoms with Gasteiger partial charge in [0.25, 0.3) is 0 Å². The van der Waals surface area contributed by atoms with E-state index in [1.165, 1.54) is 0 Å². The Hall–Kier alpha value is -1.94. The van der Waals surface area contributed by atoms with Crippen LogP contribution in [0.25, 0.3) is 0 Å². The Morgan fingerprint density at radius 3 is 2.15 bits per heavy atom. The zero-order valence-electron chi connectivity index (χ0n) is 11.2. The fourth-order valence-electron chi connectivity index (χ4n) is 1.63. The molecule has 0 N–H and O–H groups in total. The molecule has 1 heterocycles. The maximum Gasteiger partial charge on any atom is 0.171 e. The molecule has 5 heteroatoms. The van der Waals surface area contributed by atoms with Crippen molar-refractivity contribution >= 4 is 11.6 Å². The lowest BCUT2D eigenvalue weighted by molar-refractivity contribution is 0.208. The molecule has 0 atom stereocenters. The third kappa shape index (κ3) is 4.03. The SMILES string of the molecule is CCOc1ccccc1OCCOc1cccnc1Cl. The first-order chi connectivity index (χ1) is 9.81. The van der Waals surface area contributed by atoms with E-state index in [1.54, 1.807) is 18.3 Å². The zero-order valence-corrected chi connectivity index (χ0v) is 12.0. The van der Waals surface area contributed by atoms with Crippen LogP contribution in [-0.4, -0.2) is 24.8 Å². The standard InChI is InChI=1S/C15H16ClNO3/c1-2-18-12-6-3-4-7-13(12)19-10-11-20-14-8-5-9-17-15(14)16/h3-9H,2,10-11H2,1H3. The van der Waals surface area contributed by atoms with Crippen LogP contribution in [0.3, 0.4) is 0 Å². The van der Waals surface area contributed by atoms with Crippen molar-refractivity contribution in [3.63, 3.8) is 0 Å². The van der Waals surface area contributed by atoms with Gasteiger partial charge in [0.15, 0.2) is 22.4 Å². The van der Waals surface area contributed by atoms with Gasteiger partial charge in [-0.2, -0.15) is 0 Å². The first-order valence-electron chi connectivity index (χ1n) is 6.39. The van der Waals surface area contributed by atoms with Crippen molar-refractivity contribution in [3.05, 3.63) is 47.7 Å². The first-order valence-corrected chi connectivity index (χ1v) is 6.77. The molecule has 4 nitrogen and oxygen atoms in total. The summed E-state index contributed by atoms with van der Waals surface area (Å²) in [5.74, 6) is 1.99. The Morgan fingerprint density at radius 1 is 0.900 bits per heavy atom. The molecule has 0 radical (unpaired) electrons. The van der Waals surface area contributed by atoms with Gasteiger partial charge in [-0.05, 0) is 31.2 Å². The number of hydrogen-bond donors (Lipinski definition) is 0. The first kappa shape index (κ1) is 14.5. The van der Waals surface area contributed by atoms with Crippen LogP contribution in [0.1, 0.15) is 6.92 Å². The summed E-state index contributed by atoms with van der Waals surface area (Å²) >= 11 is 5.89. The van der Waals surface area contributed by atoms with Gasteiger partial charge >= 0.3 is 0 Å². The van der Waals surface area contributed by atoms with E-state index < -0.39 is 0 Å². The van der Waals surface area contributed by atoms with Crippen LogP contribution >= 0.6 is 11.6 Å². The molecule has 0 bridgehead atoms. The third-order valence-electron chi connectivity index (χ3n) is 2.47. The lowest BCUT2D eigenvalue weighted by Gasteiger charge is -2.12. The van der Waals surface area contributed by atoms with Crippen molar-refractivity contribution in [1.29, 1.82) is 0 Å². The molecule has 20 heavy (non-hydrogen) atoms. The molecule has 0 unspecified atom stereocenters. The van der Waals surface area contributed by atoms with Crippen LogP contribution in [0.2, 0.25) is 5.15 Å². The molecular formula is C15H16ClNO3. The minimum atomic E-state index is 0.349. The summed E-state index contributed by atoms with van der Waals surface area (Å²) < 4.78 is 16.6. The second-order valence-corrected chi connectivity index (χ2v) is 4.23. The number of pyridine rings is 1. The Kier molecular flexibility index (Phi) is 5.50. The monoisotopic (exact) mass is 293 g/mol. The molecule has 0 saturated heterocycles. The van der Waals surface area contributed by atoms with E-state index in [9.17, 15) is 0 Å². The Labute approximate surface area is 123 Å². The lowest BCUT2D eigenvalue weighted by atomic mass is 10.3. The molecule has 0 saturated carbocycles. The number of ether oxygens (including phenoxy) is 3. The largest absolute Gasteiger partial charge is 0.490 e. The maximum absolute atomic E-state index is 5.89. The number of hydrogen-bond acceptors (Lipinski definition) is 4. The third-order valence-corrected chi connectivity index (χ3v) is 2.76. The van der Waals surface area contributed by atoms with E-state index in [4.69, 9.17) is 25.8 Å². The Bertz CT molecular complexity index is 548. The fourth-order valence-corrected chi connectivity index (χ4v) is 1.80. The zero-order chi connectivity index (χ0) is 14.2. The molecule has 0 aliphatic carbocycles. The normalized spacial score (nSPS) is 10.1. The summed E-state index contributed by atoms with van der Waals surface area (Å²) in [6.07, 6.45) is 1.62. The van der Waals surface area contributed by atoms with Crippen molar-refractivity contribution < 1.29 is 14.2 Å². The minimum absolute atomic E-state index is 0.349. The van der Waals surface area contributed by atoms with Crippen LogP contribution in [0.5, 0.6) is 17.2 Å². The van der Waals surface area contributed by atoms with Gasteiger partial charge in [0.1, 0.15) is 13.2 Å². The highest BCUT2D eigenvalue weighted by atomic mass is 35.5. The van der Waals surface area contributed by atoms with Crippen molar-refractivity contribution in [1.82, 2.24) is 4.98 Å². The highest BCUT2D eigenvalue weighted by molar-refractivity contribution is 6.30. The van der Waals surface area contributed by atoms with E-state index in [1.807, 2.05) is 31.2 Å². The van der Waals surface area contributed by atoms with E-state index in [2.05, 4.69) is 4.98 Å². The molecule has 0 aliphatic heterocycles. The summed E-state index contributed by atoms with van der Waals surface area (Å²) in [4.78, 5) is 3.93. The van der Waals surface area contributed by atoms with Crippen molar-refractivity contribution in [2.75, 3.05) is 19.8 Å². The second kappa shape index (κ2) is 7.60. The number of nitrogens with zero attached hydrogens (tertiary/aromatic N) is 1. The van der Waals surface area contributed by atoms with Gasteiger partial charge in [0.2, 0.25) is 0 Å². The molecular weight excluding hydrogens is 278 g/mol. The highest BCUT2D eigenvalue weighted by Crippen LogP contribution is 2.26. The van der Waals surface area contributed by atoms with E-state index in [-0.39, 0.29) is 0 Å². The van der Waals surface area contributed by atoms with E-state index in [0.717, 1.165) is 5.75 Å². The topological polar surface area (TPSA) is 40.6 Å². The molecule has 2 rings (SSSR count). The van der Waals surface area contributed by atoms with Crippen LogP contribution in [-0.2, 0) is 0 Å². The smallest absolute Gasteiger partial charge is 0.171 e. The lowest BCUT2D eigenvalue weighted by Crippen LogP contribution is -2.10. The van der Waals surface area contributed by atoms with Gasteiger partial charge < -0.3 is 14.2 Å². The quantitative estimate of drug-likeness (QED) is 0.578. The average Bonchev–Trinajstić information content (AvgIpc) is 2.47. The van der Waals surface area contributed by atoms with Crippen molar-refractivity contribution in [2.45, 2.75) is 6.92 Å². The predicted molar refractivity (Wildman–Crippen MR) is 77.8 cm³/mol. The van der Waals surface area contributed by atoms with E-state index in [0.29, 0.717) is 36.5 Å². The summed E-state index contributed by atoms with van der Waals surface area (Å²) in [7, 11) is 0. The molecule has 106 valence electrons. The van der Waals surface area contributed by atoms with Gasteiger partial charge in [-0.25, -0.2) is 4.98 Å². The predicted octanol–water partition coefficient (Wildman–Crippen LogP) is 3.59. The molecule has 0 fully saturated rings. The van der Waals surface area contributed by atoms with Crippen LogP contribution < -0.4 is 14.2 Å². The number of aromatic nitrogens is 1. The average molecular weight is 294 g/mol. The molecule has 1 aromatic heterocycles. The molecule has 2 aromatic rings. The van der Waals surface area contributed by atoms with Crippen LogP contribution in [0.4, 0.5) is 0 Å². The number of benzene rings is 1. The summed E-state index contributed by atoms with van der Waals surface area (Å²) in [5, 5.41) is 0.349. The van der Waals surface area contributed by atoms with Gasteiger partial charge in [-0.15, -0.1) is 0 Å². The molecule has 1 aromatic carbocycles. The van der Waals surface area contributed by atoms with Crippen molar-refractivity contribution in [2.24, 2.45) is 0 Å². The number of para-hydroxylation sites is 2. The maximum atomic E-state index is 5.89. The second-order valence-electron chi connectivity index (χ2n) is 3.87. The van der Waals surface area contributed by atoms with Crippen LogP contribution in [0.15, 0.2) is 42.6 Å². The Balaban J connectivity index is 1.83. The van der Waals surface area contributed by atoms with Gasteiger partial charge in [0.05, 0.1) is 6.61 Å². The summed E-state index contributed by atoms with van der Waals surface area (Å²) in [6, 6.07) is 11.1. The molecule has 0 spiro atoms. The highest BCUT2D eigenvalue weighted by Gasteiger charge is 2.04. The van der Waals surface area contributed by atoms with E-state index >= 15 is 0 Å². The summed E-state index contributed by atoms with van der Waals surface area (Å²) in [5.41, 5.74) is 0. The number of halogens is 1. The van der Waals surface area contributed by atoms with Gasteiger partial charge in [-0.3, -0.25) is 0 Å². The minimum Gasteiger partial charge on any atom is -0.490 e. The number of rotatable bonds is 7. The van der Waals surface area contributed by atoms with Crippen molar-refractivity contribution in [3.8, 4) is 17.2 Å². The molecule has 0 aliphatic rings. The Morgan fingerprint density at radius 2 is 1.50 bits per heavy atom. The van der Waals surface area contributed by atoms with Gasteiger partial charge in [0, 0.05) is 6.20 Å². The van der Waals surface area contributed by atoms with Gasteiger partial charge in [-0.1, -0.05) is 23.7 Å². The fraction of sp³-hybridized carbons (Fsp3) is 0.267. The molecule has 0 amide bonds. The van der Waals surface area contributed by atoms with Crippen LogP contribution in [0, 0.1) is 0 Å².